The van der Waals surface area contributed by atoms with Gasteiger partial charge in [0.1, 0.15) is 0 Å². The highest BCUT2D eigenvalue weighted by Crippen LogP contribution is 2.49. The quantitative estimate of drug-likeness (QED) is 0.632. The average molecular weight is 368 g/mol. The number of fused-ring (bicyclic) bond motifs is 3. The van der Waals surface area contributed by atoms with Crippen LogP contribution in [0.5, 0.6) is 0 Å². The minimum atomic E-state index is 0. The van der Waals surface area contributed by atoms with E-state index in [1.165, 1.54) is 41.3 Å². The van der Waals surface area contributed by atoms with Crippen LogP contribution in [-0.2, 0) is 0 Å². The van der Waals surface area contributed by atoms with E-state index in [0.29, 0.717) is 0 Å². The summed E-state index contributed by atoms with van der Waals surface area (Å²) < 4.78 is 1.30. The predicted octanol–water partition coefficient (Wildman–Crippen LogP) is 6.11. The van der Waals surface area contributed by atoms with Gasteiger partial charge in [-0.15, -0.1) is 23.7 Å². The Kier molecular flexibility index (Phi) is 5.08. The molecule has 1 aromatic heterocycles. The van der Waals surface area contributed by atoms with Crippen molar-refractivity contribution < 1.29 is 0 Å². The molecule has 1 heterocycles. The number of rotatable bonds is 3. The topological polar surface area (TPSA) is 3.24 Å². The van der Waals surface area contributed by atoms with Crippen LogP contribution in [0.15, 0.2) is 29.2 Å². The van der Waals surface area contributed by atoms with Gasteiger partial charge in [0.05, 0.1) is 5.02 Å². The third-order valence-electron chi connectivity index (χ3n) is 5.21. The predicted molar refractivity (Wildman–Crippen MR) is 105 cm³/mol. The van der Waals surface area contributed by atoms with Crippen LogP contribution < -0.4 is 0 Å². The highest BCUT2D eigenvalue weighted by molar-refractivity contribution is 7.17. The summed E-state index contributed by atoms with van der Waals surface area (Å²) in [7, 11) is 4.36. The lowest BCUT2D eigenvalue weighted by Gasteiger charge is -2.29. The fourth-order valence-corrected chi connectivity index (χ4v) is 5.55. The van der Waals surface area contributed by atoms with E-state index >= 15 is 0 Å². The molecule has 4 rings (SSSR count). The summed E-state index contributed by atoms with van der Waals surface area (Å²) in [5.41, 5.74) is 4.70. The first-order chi connectivity index (χ1) is 10.6. The zero-order valence-electron chi connectivity index (χ0n) is 13.6. The van der Waals surface area contributed by atoms with E-state index in [-0.39, 0.29) is 12.4 Å². The van der Waals surface area contributed by atoms with Crippen LogP contribution in [0.3, 0.4) is 0 Å². The second kappa shape index (κ2) is 6.76. The number of nitrogens with zero attached hydrogens (tertiary/aromatic N) is 1. The smallest absolute Gasteiger partial charge is 0.0591 e. The van der Waals surface area contributed by atoms with Crippen molar-refractivity contribution in [1.29, 1.82) is 0 Å². The summed E-state index contributed by atoms with van der Waals surface area (Å²) in [5.74, 6) is 1.70. The molecule has 1 aromatic carbocycles. The minimum absolute atomic E-state index is 0. The SMILES string of the molecule is CN(C)CC1=C(c2ccc3scc(Cl)c3c2)[C@@H]2CC[C@H](C1)C2.Cl. The van der Waals surface area contributed by atoms with Gasteiger partial charge in [-0.2, -0.15) is 0 Å². The third kappa shape index (κ3) is 3.19. The van der Waals surface area contributed by atoms with Gasteiger partial charge in [-0.3, -0.25) is 0 Å². The summed E-state index contributed by atoms with van der Waals surface area (Å²) in [6.45, 7) is 1.09. The summed E-state index contributed by atoms with van der Waals surface area (Å²) in [4.78, 5) is 2.32. The Labute approximate surface area is 153 Å². The molecule has 4 heteroatoms. The second-order valence-corrected chi connectivity index (χ2v) is 8.45. The highest BCUT2D eigenvalue weighted by Gasteiger charge is 2.35. The third-order valence-corrected chi connectivity index (χ3v) is 6.62. The van der Waals surface area contributed by atoms with Crippen LogP contribution in [0.4, 0.5) is 0 Å². The Balaban J connectivity index is 0.00000156. The Morgan fingerprint density at radius 3 is 2.87 bits per heavy atom. The van der Waals surface area contributed by atoms with Crippen LogP contribution in [-0.4, -0.2) is 25.5 Å². The summed E-state index contributed by atoms with van der Waals surface area (Å²) in [6, 6.07) is 6.90. The monoisotopic (exact) mass is 367 g/mol. The number of likely N-dealkylation sites (N-methyl/N-ethyl adjacent to an activating group) is 1. The first-order valence-electron chi connectivity index (χ1n) is 8.15. The molecule has 0 spiro atoms. The number of thiophene rings is 1. The maximum Gasteiger partial charge on any atom is 0.0591 e. The molecule has 2 aliphatic carbocycles. The number of hydrogen-bond donors (Lipinski definition) is 0. The van der Waals surface area contributed by atoms with Crippen molar-refractivity contribution in [3.63, 3.8) is 0 Å². The molecule has 0 unspecified atom stereocenters. The lowest BCUT2D eigenvalue weighted by Crippen LogP contribution is -2.21. The van der Waals surface area contributed by atoms with Crippen molar-refractivity contribution in [3.05, 3.63) is 39.7 Å². The number of benzene rings is 1. The Bertz CT molecular complexity index is 747. The van der Waals surface area contributed by atoms with Crippen molar-refractivity contribution in [2.75, 3.05) is 20.6 Å². The van der Waals surface area contributed by atoms with Crippen LogP contribution in [0.25, 0.3) is 15.7 Å². The molecule has 1 saturated carbocycles. The zero-order chi connectivity index (χ0) is 15.3. The van der Waals surface area contributed by atoms with E-state index < -0.39 is 0 Å². The molecule has 1 nitrogen and oxygen atoms in total. The van der Waals surface area contributed by atoms with E-state index in [1.54, 1.807) is 22.5 Å². The maximum absolute atomic E-state index is 6.37. The standard InChI is InChI=1S/C19H22ClNS.ClH/c1-21(2)10-15-8-12-3-4-13(7-12)19(15)14-5-6-18-16(9-14)17(20)11-22-18;/h5-6,9,11-13H,3-4,7-8,10H2,1-2H3;1H/t12-,13+;/m0./s1. The van der Waals surface area contributed by atoms with E-state index in [2.05, 4.69) is 42.6 Å². The van der Waals surface area contributed by atoms with E-state index in [4.69, 9.17) is 11.6 Å². The van der Waals surface area contributed by atoms with Crippen molar-refractivity contribution in [2.24, 2.45) is 11.8 Å². The molecule has 0 saturated heterocycles. The molecular formula is C19H23Cl2NS. The molecule has 2 aliphatic rings. The van der Waals surface area contributed by atoms with Gasteiger partial charge >= 0.3 is 0 Å². The number of allylic oxidation sites excluding steroid dienone is 1. The molecule has 1 fully saturated rings. The van der Waals surface area contributed by atoms with Crippen LogP contribution in [0.2, 0.25) is 5.02 Å². The molecular weight excluding hydrogens is 345 g/mol. The molecule has 124 valence electrons. The molecule has 2 atom stereocenters. The zero-order valence-corrected chi connectivity index (χ0v) is 16.0. The van der Waals surface area contributed by atoms with Gasteiger partial charge in [0.15, 0.2) is 0 Å². The van der Waals surface area contributed by atoms with Gasteiger partial charge in [-0.25, -0.2) is 0 Å². The summed E-state index contributed by atoms with van der Waals surface area (Å²) in [6.07, 6.45) is 5.46. The summed E-state index contributed by atoms with van der Waals surface area (Å²) in [5, 5.41) is 4.18. The normalized spacial score (nSPS) is 23.7. The largest absolute Gasteiger partial charge is 0.305 e. The molecule has 23 heavy (non-hydrogen) atoms. The van der Waals surface area contributed by atoms with Crippen molar-refractivity contribution in [1.82, 2.24) is 4.90 Å². The van der Waals surface area contributed by atoms with Crippen LogP contribution in [0, 0.1) is 11.8 Å². The second-order valence-electron chi connectivity index (χ2n) is 7.13. The van der Waals surface area contributed by atoms with Gasteiger partial charge in [0.2, 0.25) is 0 Å². The Morgan fingerprint density at radius 2 is 2.09 bits per heavy atom. The minimum Gasteiger partial charge on any atom is -0.305 e. The Hall–Kier alpha value is -0.540. The molecule has 0 aliphatic heterocycles. The lowest BCUT2D eigenvalue weighted by atomic mass is 9.79. The maximum atomic E-state index is 6.37. The van der Waals surface area contributed by atoms with Gasteiger partial charge in [0, 0.05) is 22.0 Å². The lowest BCUT2D eigenvalue weighted by molar-refractivity contribution is 0.413. The highest BCUT2D eigenvalue weighted by atomic mass is 35.5. The molecule has 2 aromatic rings. The molecule has 0 radical (unpaired) electrons. The fraction of sp³-hybridized carbons (Fsp3) is 0.474. The number of hydrogen-bond acceptors (Lipinski definition) is 2. The van der Waals surface area contributed by atoms with Crippen molar-refractivity contribution >= 4 is 51.0 Å². The molecule has 2 bridgehead atoms. The van der Waals surface area contributed by atoms with E-state index in [1.807, 2.05) is 0 Å². The Morgan fingerprint density at radius 1 is 1.26 bits per heavy atom. The van der Waals surface area contributed by atoms with Gasteiger partial charge in [0.25, 0.3) is 0 Å². The van der Waals surface area contributed by atoms with Crippen LogP contribution >= 0.6 is 35.3 Å². The number of halogens is 2. The molecule has 0 N–H and O–H groups in total. The first-order valence-corrected chi connectivity index (χ1v) is 9.41. The van der Waals surface area contributed by atoms with Gasteiger partial charge in [-0.1, -0.05) is 23.2 Å². The van der Waals surface area contributed by atoms with Crippen molar-refractivity contribution in [2.45, 2.75) is 25.7 Å². The van der Waals surface area contributed by atoms with Gasteiger partial charge in [-0.05, 0) is 74.9 Å². The van der Waals surface area contributed by atoms with Crippen molar-refractivity contribution in [3.8, 4) is 0 Å². The van der Waals surface area contributed by atoms with Crippen LogP contribution in [0.1, 0.15) is 31.2 Å². The average Bonchev–Trinajstić information content (AvgIpc) is 3.03. The fourth-order valence-electron chi connectivity index (χ4n) is 4.41. The van der Waals surface area contributed by atoms with E-state index in [0.717, 1.165) is 23.4 Å². The molecule has 0 amide bonds. The van der Waals surface area contributed by atoms with Gasteiger partial charge < -0.3 is 4.90 Å². The van der Waals surface area contributed by atoms with E-state index in [9.17, 15) is 0 Å². The first kappa shape index (κ1) is 17.3. The summed E-state index contributed by atoms with van der Waals surface area (Å²) >= 11 is 8.11.